The number of nitrogens with zero attached hydrogens (tertiary/aromatic N) is 4. The van der Waals surface area contributed by atoms with E-state index < -0.39 is 42.9 Å². The van der Waals surface area contributed by atoms with Crippen molar-refractivity contribution < 1.29 is 32.2 Å². The molecule has 1 aromatic heterocycles. The van der Waals surface area contributed by atoms with Gasteiger partial charge in [0.2, 0.25) is 0 Å². The molecule has 2 aromatic carbocycles. The van der Waals surface area contributed by atoms with Crippen LogP contribution in [0.4, 0.5) is 17.6 Å². The van der Waals surface area contributed by atoms with Crippen molar-refractivity contribution in [1.82, 2.24) is 14.5 Å². The maximum atomic E-state index is 14.9. The summed E-state index contributed by atoms with van der Waals surface area (Å²) >= 11 is 0. The Morgan fingerprint density at radius 2 is 1.92 bits per heavy atom. The fourth-order valence-corrected chi connectivity index (χ4v) is 4.53. The van der Waals surface area contributed by atoms with Gasteiger partial charge in [0.05, 0.1) is 31.4 Å². The first-order chi connectivity index (χ1) is 17.1. The topological polar surface area (TPSA) is 72.1 Å². The summed E-state index contributed by atoms with van der Waals surface area (Å²) in [6, 6.07) is 7.68. The van der Waals surface area contributed by atoms with E-state index in [1.54, 1.807) is 29.1 Å². The van der Waals surface area contributed by atoms with Gasteiger partial charge in [-0.25, -0.2) is 22.5 Å². The largest absolute Gasteiger partial charge is 0.495 e. The van der Waals surface area contributed by atoms with Crippen molar-refractivity contribution >= 4 is 11.9 Å². The average molecular weight is 502 g/mol. The van der Waals surface area contributed by atoms with Gasteiger partial charge in [-0.2, -0.15) is 0 Å². The smallest absolute Gasteiger partial charge is 0.269 e. The van der Waals surface area contributed by atoms with Crippen molar-refractivity contribution in [1.29, 1.82) is 0 Å². The van der Waals surface area contributed by atoms with Crippen molar-refractivity contribution in [2.75, 3.05) is 20.3 Å². The van der Waals surface area contributed by atoms with Crippen LogP contribution in [0, 0.1) is 18.6 Å². The van der Waals surface area contributed by atoms with E-state index >= 15 is 0 Å². The molecule has 0 bridgehead atoms. The first kappa shape index (κ1) is 23.9. The van der Waals surface area contributed by atoms with Gasteiger partial charge >= 0.3 is 0 Å². The predicted molar refractivity (Wildman–Crippen MR) is 123 cm³/mol. The summed E-state index contributed by atoms with van der Waals surface area (Å²) in [5.41, 5.74) is 0.0531. The number of aliphatic hydroxyl groups excluding tert-OH is 1. The van der Waals surface area contributed by atoms with Crippen LogP contribution in [-0.2, 0) is 10.6 Å². The van der Waals surface area contributed by atoms with Crippen molar-refractivity contribution in [3.05, 3.63) is 83.0 Å². The number of fused-ring (bicyclic) bond motifs is 1. The number of halogens is 4. The number of piperidine rings is 1. The summed E-state index contributed by atoms with van der Waals surface area (Å²) in [5.74, 6) is -4.56. The lowest BCUT2D eigenvalue weighted by molar-refractivity contribution is -0.160. The molecule has 36 heavy (non-hydrogen) atoms. The first-order valence-corrected chi connectivity index (χ1v) is 11.0. The van der Waals surface area contributed by atoms with Crippen LogP contribution in [-0.4, -0.2) is 51.6 Å². The van der Waals surface area contributed by atoms with Gasteiger partial charge in [0, 0.05) is 29.8 Å². The van der Waals surface area contributed by atoms with E-state index in [1.807, 2.05) is 13.1 Å². The van der Waals surface area contributed by atoms with Gasteiger partial charge in [0.25, 0.3) is 11.6 Å². The molecular formula is C25H22F4N4O3. The maximum absolute atomic E-state index is 14.9. The summed E-state index contributed by atoms with van der Waals surface area (Å²) in [5, 5.41) is 14.1. The fourth-order valence-electron chi connectivity index (χ4n) is 4.53. The number of benzene rings is 2. The number of hydrogen-bond acceptors (Lipinski definition) is 6. The molecule has 11 heteroatoms. The molecule has 1 saturated heterocycles. The molecule has 3 heterocycles. The van der Waals surface area contributed by atoms with Crippen LogP contribution in [0.1, 0.15) is 23.2 Å². The Labute approximate surface area is 203 Å². The third kappa shape index (κ3) is 4.09. The number of alkyl halides is 2. The van der Waals surface area contributed by atoms with Crippen LogP contribution >= 0.6 is 0 Å². The molecule has 1 N–H and O–H groups in total. The number of ether oxygens (including phenoxy) is 1. The molecule has 3 aromatic rings. The van der Waals surface area contributed by atoms with Crippen molar-refractivity contribution in [2.24, 2.45) is 5.16 Å². The summed E-state index contributed by atoms with van der Waals surface area (Å²) in [6.07, 6.45) is 4.34. The SMILES string of the molecule is COc1cc(/C=C2\CC(F)(F)CN3C2=NO[C@]3(CO)c2cc(F)cc(F)c2)ccc1-n1cnc(C)c1. The van der Waals surface area contributed by atoms with Crippen LogP contribution in [0.5, 0.6) is 5.75 Å². The van der Waals surface area contributed by atoms with Gasteiger partial charge in [-0.3, -0.25) is 0 Å². The second-order valence-corrected chi connectivity index (χ2v) is 8.75. The minimum Gasteiger partial charge on any atom is -0.495 e. The summed E-state index contributed by atoms with van der Waals surface area (Å²) in [7, 11) is 1.50. The molecule has 2 aliphatic rings. The molecule has 1 atom stereocenters. The summed E-state index contributed by atoms with van der Waals surface area (Å²) in [4.78, 5) is 10.7. The molecule has 5 rings (SSSR count). The number of imidazole rings is 1. The number of methoxy groups -OCH3 is 1. The third-order valence-electron chi connectivity index (χ3n) is 6.16. The molecule has 188 valence electrons. The molecular weight excluding hydrogens is 480 g/mol. The fraction of sp³-hybridized carbons (Fsp3) is 0.280. The number of hydrogen-bond donors (Lipinski definition) is 1. The standard InChI is InChI=1S/C25H22F4N4O3/c1-15-11-32(14-30-15)21-4-3-16(6-22(21)35-2)5-17-10-24(28,29)12-33-23(17)31-36-25(33,13-34)18-7-19(26)9-20(27)8-18/h3-9,11,14,34H,10,12-13H2,1-2H3/b17-5+/t25-/m1/s1. The monoisotopic (exact) mass is 502 g/mol. The van der Waals surface area contributed by atoms with Crippen LogP contribution in [0.2, 0.25) is 0 Å². The molecule has 7 nitrogen and oxygen atoms in total. The second-order valence-electron chi connectivity index (χ2n) is 8.75. The number of oxime groups is 1. The van der Waals surface area contributed by atoms with Gasteiger partial charge < -0.3 is 24.1 Å². The van der Waals surface area contributed by atoms with Crippen LogP contribution in [0.3, 0.4) is 0 Å². The number of rotatable bonds is 5. The number of aromatic nitrogens is 2. The molecule has 0 radical (unpaired) electrons. The van der Waals surface area contributed by atoms with Gasteiger partial charge in [0.1, 0.15) is 24.0 Å². The Kier molecular flexibility index (Phi) is 5.74. The highest BCUT2D eigenvalue weighted by Crippen LogP contribution is 2.44. The Bertz CT molecular complexity index is 1370. The Balaban J connectivity index is 1.55. The van der Waals surface area contributed by atoms with E-state index in [2.05, 4.69) is 10.1 Å². The van der Waals surface area contributed by atoms with E-state index in [9.17, 15) is 22.7 Å². The van der Waals surface area contributed by atoms with Crippen molar-refractivity contribution in [3.8, 4) is 11.4 Å². The number of amidine groups is 1. The lowest BCUT2D eigenvalue weighted by atomic mass is 9.93. The highest BCUT2D eigenvalue weighted by molar-refractivity contribution is 6.04. The van der Waals surface area contributed by atoms with Crippen molar-refractivity contribution in [3.63, 3.8) is 0 Å². The zero-order valence-electron chi connectivity index (χ0n) is 19.4. The molecule has 2 aliphatic heterocycles. The second kappa shape index (κ2) is 8.66. The number of aryl methyl sites for hydroxylation is 1. The van der Waals surface area contributed by atoms with Gasteiger partial charge in [0.15, 0.2) is 5.84 Å². The molecule has 0 aliphatic carbocycles. The van der Waals surface area contributed by atoms with E-state index in [0.717, 1.165) is 22.7 Å². The minimum atomic E-state index is -3.23. The first-order valence-electron chi connectivity index (χ1n) is 11.0. The van der Waals surface area contributed by atoms with Gasteiger partial charge in [-0.05, 0) is 42.8 Å². The van der Waals surface area contributed by atoms with Crippen LogP contribution in [0.25, 0.3) is 11.8 Å². The average Bonchev–Trinajstić information content (AvgIpc) is 3.41. The van der Waals surface area contributed by atoms with Crippen molar-refractivity contribution in [2.45, 2.75) is 25.0 Å². The molecule has 0 spiro atoms. The zero-order chi connectivity index (χ0) is 25.7. The van der Waals surface area contributed by atoms with E-state index in [0.29, 0.717) is 23.1 Å². The molecule has 0 amide bonds. The van der Waals surface area contributed by atoms with Crippen LogP contribution in [0.15, 0.2) is 59.7 Å². The quantitative estimate of drug-likeness (QED) is 0.525. The maximum Gasteiger partial charge on any atom is 0.269 e. The zero-order valence-corrected chi connectivity index (χ0v) is 19.4. The van der Waals surface area contributed by atoms with E-state index in [4.69, 9.17) is 9.57 Å². The summed E-state index contributed by atoms with van der Waals surface area (Å²) < 4.78 is 65.0. The summed E-state index contributed by atoms with van der Waals surface area (Å²) in [6.45, 7) is 0.134. The van der Waals surface area contributed by atoms with Crippen LogP contribution < -0.4 is 4.74 Å². The Morgan fingerprint density at radius 1 is 1.17 bits per heavy atom. The highest BCUT2D eigenvalue weighted by atomic mass is 19.3. The Hall–Kier alpha value is -3.86. The van der Waals surface area contributed by atoms with E-state index in [1.165, 1.54) is 13.2 Å². The Morgan fingerprint density at radius 3 is 2.56 bits per heavy atom. The van der Waals surface area contributed by atoms with Gasteiger partial charge in [-0.15, -0.1) is 0 Å². The minimum absolute atomic E-state index is 0.0490. The molecule has 0 unspecified atom stereocenters. The normalized spacial score (nSPS) is 21.8. The van der Waals surface area contributed by atoms with E-state index in [-0.39, 0.29) is 17.0 Å². The highest BCUT2D eigenvalue weighted by Gasteiger charge is 2.55. The third-order valence-corrected chi connectivity index (χ3v) is 6.16. The van der Waals surface area contributed by atoms with Gasteiger partial charge in [-0.1, -0.05) is 11.2 Å². The molecule has 0 saturated carbocycles. The number of aliphatic hydroxyl groups is 1. The predicted octanol–water partition coefficient (Wildman–Crippen LogP) is 4.38. The lowest BCUT2D eigenvalue weighted by Gasteiger charge is -2.41. The molecule has 1 fully saturated rings. The lowest BCUT2D eigenvalue weighted by Crippen LogP contribution is -2.56.